The number of aliphatic hydroxyl groups excluding tert-OH is 1. The molecule has 35 heavy (non-hydrogen) atoms. The lowest BCUT2D eigenvalue weighted by atomic mass is 10.0. The summed E-state index contributed by atoms with van der Waals surface area (Å²) in [6.07, 6.45) is 0.908. The first-order valence-electron chi connectivity index (χ1n) is 12.1. The van der Waals surface area contributed by atoms with E-state index in [0.717, 1.165) is 12.8 Å². The fourth-order valence-electron chi connectivity index (χ4n) is 3.96. The Kier molecular flexibility index (Phi) is 10.5. The van der Waals surface area contributed by atoms with E-state index in [9.17, 15) is 14.7 Å². The second-order valence-electron chi connectivity index (χ2n) is 8.51. The van der Waals surface area contributed by atoms with Crippen molar-refractivity contribution < 1.29 is 33.6 Å². The quantitative estimate of drug-likeness (QED) is 0.258. The molecular weight excluding hydrogens is 448 g/mol. The zero-order valence-electron chi connectivity index (χ0n) is 20.1. The fourth-order valence-corrected chi connectivity index (χ4v) is 3.96. The van der Waals surface area contributed by atoms with E-state index in [4.69, 9.17) is 18.9 Å². The van der Waals surface area contributed by atoms with Gasteiger partial charge >= 0.3 is 11.9 Å². The predicted octanol–water partition coefficient (Wildman–Crippen LogP) is 4.35. The fraction of sp³-hybridized carbons (Fsp3) is 0.429. The third-order valence-corrected chi connectivity index (χ3v) is 5.83. The van der Waals surface area contributed by atoms with E-state index < -0.39 is 42.5 Å². The number of ether oxygens (including phenoxy) is 4. The molecule has 0 aliphatic carbocycles. The van der Waals surface area contributed by atoms with Crippen LogP contribution in [0.25, 0.3) is 0 Å². The number of aliphatic hydroxyl groups is 1. The van der Waals surface area contributed by atoms with Crippen molar-refractivity contribution in [2.75, 3.05) is 13.2 Å². The summed E-state index contributed by atoms with van der Waals surface area (Å²) >= 11 is 0. The summed E-state index contributed by atoms with van der Waals surface area (Å²) in [7, 11) is 0. The number of carbonyl (C=O) groups excluding carboxylic acids is 2. The van der Waals surface area contributed by atoms with Crippen LogP contribution in [0.5, 0.6) is 0 Å². The number of hydrogen-bond acceptors (Lipinski definition) is 7. The van der Waals surface area contributed by atoms with Crippen LogP contribution in [-0.2, 0) is 18.9 Å². The van der Waals surface area contributed by atoms with Crippen molar-refractivity contribution in [2.24, 2.45) is 0 Å². The van der Waals surface area contributed by atoms with Crippen LogP contribution < -0.4 is 0 Å². The molecule has 0 bridgehead atoms. The Morgan fingerprint density at radius 2 is 1.66 bits per heavy atom. The lowest BCUT2D eigenvalue weighted by Gasteiger charge is -2.25. The van der Waals surface area contributed by atoms with Crippen LogP contribution in [0.15, 0.2) is 73.3 Å². The van der Waals surface area contributed by atoms with Crippen molar-refractivity contribution in [3.05, 3.63) is 84.4 Å². The minimum atomic E-state index is -0.841. The zero-order valence-corrected chi connectivity index (χ0v) is 20.1. The van der Waals surface area contributed by atoms with Crippen LogP contribution in [0.4, 0.5) is 0 Å². The van der Waals surface area contributed by atoms with E-state index in [1.54, 1.807) is 54.6 Å². The molecule has 2 unspecified atom stereocenters. The van der Waals surface area contributed by atoms with Gasteiger partial charge in [-0.2, -0.15) is 0 Å². The monoisotopic (exact) mass is 482 g/mol. The lowest BCUT2D eigenvalue weighted by molar-refractivity contribution is -0.0644. The van der Waals surface area contributed by atoms with Gasteiger partial charge in [0.2, 0.25) is 0 Å². The third kappa shape index (κ3) is 7.75. The highest BCUT2D eigenvalue weighted by Crippen LogP contribution is 2.30. The average molecular weight is 483 g/mol. The molecule has 1 aliphatic rings. The summed E-state index contributed by atoms with van der Waals surface area (Å²) in [4.78, 5) is 25.3. The number of esters is 2. The molecule has 188 valence electrons. The smallest absolute Gasteiger partial charge is 0.338 e. The van der Waals surface area contributed by atoms with Gasteiger partial charge in [0, 0.05) is 13.0 Å². The second-order valence-corrected chi connectivity index (χ2v) is 8.51. The van der Waals surface area contributed by atoms with E-state index in [-0.39, 0.29) is 13.0 Å². The Balaban J connectivity index is 1.73. The average Bonchev–Trinajstić information content (AvgIpc) is 3.17. The van der Waals surface area contributed by atoms with Gasteiger partial charge < -0.3 is 24.1 Å². The van der Waals surface area contributed by atoms with Gasteiger partial charge in [0.05, 0.1) is 23.3 Å². The normalized spacial score (nSPS) is 22.3. The Morgan fingerprint density at radius 1 is 1.03 bits per heavy atom. The largest absolute Gasteiger partial charge is 0.458 e. The van der Waals surface area contributed by atoms with Gasteiger partial charge in [-0.1, -0.05) is 55.8 Å². The first-order valence-corrected chi connectivity index (χ1v) is 12.1. The highest BCUT2D eigenvalue weighted by molar-refractivity contribution is 5.90. The van der Waals surface area contributed by atoms with Crippen LogP contribution in [0.3, 0.4) is 0 Å². The minimum absolute atomic E-state index is 0.157. The highest BCUT2D eigenvalue weighted by atomic mass is 16.6. The Bertz CT molecular complexity index is 931. The molecule has 1 N–H and O–H groups in total. The molecule has 7 nitrogen and oxygen atoms in total. The summed E-state index contributed by atoms with van der Waals surface area (Å²) in [6, 6.07) is 17.2. The number of benzene rings is 2. The molecule has 5 atom stereocenters. The molecule has 0 radical (unpaired) electrons. The van der Waals surface area contributed by atoms with Gasteiger partial charge in [-0.25, -0.2) is 9.59 Å². The van der Waals surface area contributed by atoms with E-state index in [1.807, 2.05) is 12.1 Å². The van der Waals surface area contributed by atoms with Crippen molar-refractivity contribution in [3.63, 3.8) is 0 Å². The maximum absolute atomic E-state index is 12.8. The van der Waals surface area contributed by atoms with Crippen LogP contribution in [0.1, 0.15) is 53.3 Å². The summed E-state index contributed by atoms with van der Waals surface area (Å²) in [6.45, 7) is 6.12. The van der Waals surface area contributed by atoms with E-state index in [2.05, 4.69) is 13.5 Å². The lowest BCUT2D eigenvalue weighted by Crippen LogP contribution is -2.38. The summed E-state index contributed by atoms with van der Waals surface area (Å²) in [5.41, 5.74) is 0.791. The van der Waals surface area contributed by atoms with Gasteiger partial charge in [-0.15, -0.1) is 6.58 Å². The molecule has 1 aliphatic heterocycles. The van der Waals surface area contributed by atoms with Gasteiger partial charge in [0.15, 0.2) is 0 Å². The van der Waals surface area contributed by atoms with Crippen LogP contribution in [0, 0.1) is 0 Å². The Hall–Kier alpha value is -3.00. The first kappa shape index (κ1) is 26.6. The molecule has 2 aromatic carbocycles. The maximum atomic E-state index is 12.8. The second kappa shape index (κ2) is 13.8. The van der Waals surface area contributed by atoms with Crippen molar-refractivity contribution in [2.45, 2.75) is 63.1 Å². The van der Waals surface area contributed by atoms with Gasteiger partial charge in [-0.3, -0.25) is 0 Å². The number of unbranched alkanes of at least 4 members (excludes halogenated alkanes) is 1. The highest BCUT2D eigenvalue weighted by Gasteiger charge is 2.45. The van der Waals surface area contributed by atoms with Gasteiger partial charge in [0.1, 0.15) is 24.9 Å². The van der Waals surface area contributed by atoms with Crippen molar-refractivity contribution >= 4 is 11.9 Å². The van der Waals surface area contributed by atoms with Crippen LogP contribution in [0.2, 0.25) is 0 Å². The topological polar surface area (TPSA) is 91.3 Å². The molecule has 1 fully saturated rings. The molecular formula is C28H34O7. The van der Waals surface area contributed by atoms with Gasteiger partial charge in [-0.05, 0) is 37.1 Å². The van der Waals surface area contributed by atoms with Crippen LogP contribution in [-0.4, -0.2) is 60.8 Å². The number of carbonyl (C=O) groups is 2. The standard InChI is InChI=1S/C28H34O7/c1-3-5-17-32-26-24(35-23(12-4-2)25(26)29)18-22(34-28(31)21-15-10-7-11-16-21)19-33-27(30)20-13-8-6-9-14-20/h4,6-11,13-16,22-26,29H,2-3,5,12,17-19H2,1H3/t22-,23?,24+,25?,26-/m0/s1. The summed E-state index contributed by atoms with van der Waals surface area (Å²) in [5, 5.41) is 10.8. The first-order chi connectivity index (χ1) is 17.0. The minimum Gasteiger partial charge on any atom is -0.458 e. The van der Waals surface area contributed by atoms with Gasteiger partial charge in [0.25, 0.3) is 0 Å². The molecule has 1 saturated heterocycles. The summed E-state index contributed by atoms with van der Waals surface area (Å²) < 4.78 is 23.3. The SMILES string of the molecule is C=CCC1O[C@H](C[C@@H](COC(=O)c2ccccc2)OC(=O)c2ccccc2)[C@H](OCCCC)C1O. The van der Waals surface area contributed by atoms with Crippen molar-refractivity contribution in [1.82, 2.24) is 0 Å². The molecule has 0 spiro atoms. The maximum Gasteiger partial charge on any atom is 0.338 e. The summed E-state index contributed by atoms with van der Waals surface area (Å²) in [5.74, 6) is -1.05. The van der Waals surface area contributed by atoms with E-state index in [0.29, 0.717) is 24.2 Å². The molecule has 7 heteroatoms. The molecule has 0 amide bonds. The van der Waals surface area contributed by atoms with Crippen LogP contribution >= 0.6 is 0 Å². The third-order valence-electron chi connectivity index (χ3n) is 5.83. The molecule has 3 rings (SSSR count). The molecule has 0 aromatic heterocycles. The van der Waals surface area contributed by atoms with E-state index in [1.165, 1.54) is 0 Å². The zero-order chi connectivity index (χ0) is 25.0. The molecule has 2 aromatic rings. The Labute approximate surface area is 206 Å². The number of rotatable bonds is 13. The van der Waals surface area contributed by atoms with E-state index >= 15 is 0 Å². The van der Waals surface area contributed by atoms with Crippen molar-refractivity contribution in [3.8, 4) is 0 Å². The molecule has 1 heterocycles. The number of hydrogen-bond donors (Lipinski definition) is 1. The van der Waals surface area contributed by atoms with Crippen molar-refractivity contribution in [1.29, 1.82) is 0 Å². The Morgan fingerprint density at radius 3 is 2.26 bits per heavy atom. The predicted molar refractivity (Wildman–Crippen MR) is 131 cm³/mol. The molecule has 0 saturated carbocycles.